The number of hydrogen-bond acceptors (Lipinski definition) is 7. The minimum Gasteiger partial charge on any atom is -0.495 e. The number of halogens is 1. The Morgan fingerprint density at radius 3 is 2.80 bits per heavy atom. The zero-order valence-electron chi connectivity index (χ0n) is 16.9. The van der Waals surface area contributed by atoms with Gasteiger partial charge in [-0.25, -0.2) is 4.98 Å². The Hall–Kier alpha value is -3.26. The van der Waals surface area contributed by atoms with Gasteiger partial charge in [-0.05, 0) is 31.5 Å². The third kappa shape index (κ3) is 3.04. The van der Waals surface area contributed by atoms with Crippen molar-refractivity contribution in [3.63, 3.8) is 0 Å². The van der Waals surface area contributed by atoms with Gasteiger partial charge in [-0.3, -0.25) is 4.98 Å². The summed E-state index contributed by atoms with van der Waals surface area (Å²) < 4.78 is 7.04. The largest absolute Gasteiger partial charge is 0.495 e. The van der Waals surface area contributed by atoms with Crippen molar-refractivity contribution in [1.82, 2.24) is 29.8 Å². The molecule has 0 aromatic carbocycles. The first-order valence-corrected chi connectivity index (χ1v) is 10.0. The molecule has 5 rings (SSSR count). The van der Waals surface area contributed by atoms with Gasteiger partial charge in [0, 0.05) is 53.7 Å². The molecule has 0 aliphatic carbocycles. The first-order valence-electron chi connectivity index (χ1n) is 9.65. The number of anilines is 1. The summed E-state index contributed by atoms with van der Waals surface area (Å²) in [5.74, 6) is 1.60. The fourth-order valence-corrected chi connectivity index (χ4v) is 4.07. The number of aryl methyl sites for hydroxylation is 1. The molecule has 0 spiro atoms. The van der Waals surface area contributed by atoms with Crippen LogP contribution in [0.2, 0.25) is 5.15 Å². The van der Waals surface area contributed by atoms with Gasteiger partial charge < -0.3 is 9.64 Å². The van der Waals surface area contributed by atoms with Crippen LogP contribution in [0.25, 0.3) is 16.8 Å². The first-order chi connectivity index (χ1) is 14.5. The molecule has 0 amide bonds. The summed E-state index contributed by atoms with van der Waals surface area (Å²) in [5.41, 5.74) is 6.97. The molecule has 30 heavy (non-hydrogen) atoms. The Kier molecular flexibility index (Phi) is 4.51. The van der Waals surface area contributed by atoms with E-state index in [9.17, 15) is 0 Å². The van der Waals surface area contributed by atoms with Crippen LogP contribution in [0, 0.1) is 13.8 Å². The van der Waals surface area contributed by atoms with E-state index in [0.717, 1.165) is 57.9 Å². The normalized spacial score (nSPS) is 13.5. The maximum atomic E-state index is 6.35. The number of methoxy groups -OCH3 is 1. The van der Waals surface area contributed by atoms with Crippen molar-refractivity contribution in [2.45, 2.75) is 26.8 Å². The van der Waals surface area contributed by atoms with Gasteiger partial charge in [0.25, 0.3) is 0 Å². The highest BCUT2D eigenvalue weighted by atomic mass is 35.5. The van der Waals surface area contributed by atoms with E-state index in [1.54, 1.807) is 24.1 Å². The van der Waals surface area contributed by atoms with E-state index < -0.39 is 0 Å². The molecular weight excluding hydrogens is 402 g/mol. The summed E-state index contributed by atoms with van der Waals surface area (Å²) in [6, 6.07) is 4.02. The van der Waals surface area contributed by atoms with Crippen LogP contribution in [-0.4, -0.2) is 43.4 Å². The van der Waals surface area contributed by atoms with Gasteiger partial charge in [0.1, 0.15) is 17.2 Å². The van der Waals surface area contributed by atoms with Crippen LogP contribution in [0.3, 0.4) is 0 Å². The monoisotopic (exact) mass is 421 g/mol. The second-order valence-electron chi connectivity index (χ2n) is 7.39. The van der Waals surface area contributed by atoms with E-state index in [-0.39, 0.29) is 0 Å². The minimum absolute atomic E-state index is 0.427. The Balaban J connectivity index is 1.53. The maximum Gasteiger partial charge on any atom is 0.180 e. The van der Waals surface area contributed by atoms with Gasteiger partial charge in [-0.15, -0.1) is 15.3 Å². The Labute approximate surface area is 178 Å². The molecule has 152 valence electrons. The predicted molar refractivity (Wildman–Crippen MR) is 114 cm³/mol. The number of fused-ring (bicyclic) bond motifs is 2. The number of ether oxygens (including phenoxy) is 1. The summed E-state index contributed by atoms with van der Waals surface area (Å²) in [5, 5.41) is 13.3. The molecule has 0 N–H and O–H groups in total. The molecule has 0 atom stereocenters. The summed E-state index contributed by atoms with van der Waals surface area (Å²) in [6.45, 7) is 5.70. The SMILES string of the molecule is COc1cnc(Cl)c(-c2cnc3c(c2)CN(c2nn4cnnc4c(C)c2C)CC3)c1. The third-order valence-electron chi connectivity index (χ3n) is 5.67. The number of rotatable bonds is 3. The minimum atomic E-state index is 0.427. The number of nitrogens with zero attached hydrogens (tertiary/aromatic N) is 7. The van der Waals surface area contributed by atoms with E-state index in [4.69, 9.17) is 26.4 Å². The molecule has 4 aromatic rings. The first kappa shape index (κ1) is 18.7. The zero-order valence-corrected chi connectivity index (χ0v) is 17.7. The molecule has 8 nitrogen and oxygen atoms in total. The van der Waals surface area contributed by atoms with Crippen molar-refractivity contribution in [3.8, 4) is 16.9 Å². The summed E-state index contributed by atoms with van der Waals surface area (Å²) >= 11 is 6.35. The molecular formula is C21H20ClN7O. The standard InChI is InChI=1S/C21H20ClN7O/c1-12-13(2)21(27-29-11-25-26-20(12)29)28-5-4-18-15(10-28)6-14(8-23-18)17-7-16(30-3)9-24-19(17)22/h6-9,11H,4-5,10H2,1-3H3. The van der Waals surface area contributed by atoms with Gasteiger partial charge >= 0.3 is 0 Å². The van der Waals surface area contributed by atoms with Crippen LogP contribution in [0.5, 0.6) is 5.75 Å². The lowest BCUT2D eigenvalue weighted by Gasteiger charge is -2.30. The second-order valence-corrected chi connectivity index (χ2v) is 7.75. The zero-order chi connectivity index (χ0) is 20.8. The van der Waals surface area contributed by atoms with Crippen LogP contribution in [0.15, 0.2) is 30.9 Å². The van der Waals surface area contributed by atoms with Crippen LogP contribution >= 0.6 is 11.6 Å². The van der Waals surface area contributed by atoms with E-state index in [1.807, 2.05) is 12.3 Å². The van der Waals surface area contributed by atoms with Crippen molar-refractivity contribution in [2.75, 3.05) is 18.6 Å². The fraction of sp³-hybridized carbons (Fsp3) is 0.286. The number of pyridine rings is 2. The van der Waals surface area contributed by atoms with E-state index in [1.165, 1.54) is 0 Å². The highest BCUT2D eigenvalue weighted by Crippen LogP contribution is 2.33. The van der Waals surface area contributed by atoms with Crippen LogP contribution in [0.4, 0.5) is 5.82 Å². The van der Waals surface area contributed by atoms with Gasteiger partial charge in [0.2, 0.25) is 0 Å². The van der Waals surface area contributed by atoms with Crippen molar-refractivity contribution in [2.24, 2.45) is 0 Å². The highest BCUT2D eigenvalue weighted by Gasteiger charge is 2.23. The predicted octanol–water partition coefficient (Wildman–Crippen LogP) is 3.42. The summed E-state index contributed by atoms with van der Waals surface area (Å²) in [4.78, 5) is 11.2. The molecule has 5 heterocycles. The number of hydrogen-bond donors (Lipinski definition) is 0. The molecule has 1 aliphatic rings. The molecule has 0 saturated carbocycles. The lowest BCUT2D eigenvalue weighted by Crippen LogP contribution is -2.32. The average Bonchev–Trinajstić information content (AvgIpc) is 3.25. The smallest absolute Gasteiger partial charge is 0.180 e. The van der Waals surface area contributed by atoms with Crippen LogP contribution in [0.1, 0.15) is 22.4 Å². The van der Waals surface area contributed by atoms with Crippen molar-refractivity contribution < 1.29 is 4.74 Å². The molecule has 1 aliphatic heterocycles. The van der Waals surface area contributed by atoms with Gasteiger partial charge in [0.15, 0.2) is 11.5 Å². The van der Waals surface area contributed by atoms with Gasteiger partial charge in [-0.2, -0.15) is 4.52 Å². The van der Waals surface area contributed by atoms with Crippen LogP contribution in [-0.2, 0) is 13.0 Å². The molecule has 0 saturated heterocycles. The molecule has 4 aromatic heterocycles. The Morgan fingerprint density at radius 2 is 1.97 bits per heavy atom. The lowest BCUT2D eigenvalue weighted by atomic mass is 10.0. The van der Waals surface area contributed by atoms with Gasteiger partial charge in [0.05, 0.1) is 13.3 Å². The van der Waals surface area contributed by atoms with E-state index in [2.05, 4.69) is 40.0 Å². The summed E-state index contributed by atoms with van der Waals surface area (Å²) in [7, 11) is 1.61. The van der Waals surface area contributed by atoms with Gasteiger partial charge in [-0.1, -0.05) is 11.6 Å². The van der Waals surface area contributed by atoms with Crippen molar-refractivity contribution in [1.29, 1.82) is 0 Å². The Morgan fingerprint density at radius 1 is 1.10 bits per heavy atom. The van der Waals surface area contributed by atoms with E-state index in [0.29, 0.717) is 17.4 Å². The lowest BCUT2D eigenvalue weighted by molar-refractivity contribution is 0.413. The molecule has 0 radical (unpaired) electrons. The average molecular weight is 422 g/mol. The molecule has 0 fully saturated rings. The van der Waals surface area contributed by atoms with Crippen molar-refractivity contribution in [3.05, 3.63) is 58.4 Å². The third-order valence-corrected chi connectivity index (χ3v) is 5.97. The topological polar surface area (TPSA) is 81.3 Å². The highest BCUT2D eigenvalue weighted by molar-refractivity contribution is 6.32. The molecule has 0 unspecified atom stereocenters. The molecule has 0 bridgehead atoms. The second kappa shape index (κ2) is 7.21. The Bertz CT molecular complexity index is 1270. The molecule has 9 heteroatoms. The van der Waals surface area contributed by atoms with E-state index >= 15 is 0 Å². The van der Waals surface area contributed by atoms with Crippen molar-refractivity contribution >= 4 is 23.1 Å². The number of aromatic nitrogens is 6. The fourth-order valence-electron chi connectivity index (χ4n) is 3.86. The van der Waals surface area contributed by atoms with Crippen LogP contribution < -0.4 is 9.64 Å². The maximum absolute atomic E-state index is 6.35. The summed E-state index contributed by atoms with van der Waals surface area (Å²) in [6.07, 6.45) is 5.95. The quantitative estimate of drug-likeness (QED) is 0.469.